The first-order valence-electron chi connectivity index (χ1n) is 3.51. The highest BCUT2D eigenvalue weighted by molar-refractivity contribution is 5.90. The van der Waals surface area contributed by atoms with Crippen LogP contribution >= 0.6 is 0 Å². The summed E-state index contributed by atoms with van der Waals surface area (Å²) in [4.78, 5) is 11.0. The SMILES string of the molecule is COCCC(=O)Nc1cnoc1. The molecule has 0 atom stereocenters. The van der Waals surface area contributed by atoms with E-state index in [2.05, 4.69) is 15.0 Å². The molecule has 0 bridgehead atoms. The smallest absolute Gasteiger partial charge is 0.226 e. The summed E-state index contributed by atoms with van der Waals surface area (Å²) < 4.78 is 9.26. The molecule has 0 saturated carbocycles. The van der Waals surface area contributed by atoms with Gasteiger partial charge in [-0.2, -0.15) is 0 Å². The molecular weight excluding hydrogens is 160 g/mol. The Hall–Kier alpha value is -1.36. The van der Waals surface area contributed by atoms with Crippen molar-refractivity contribution in [3.63, 3.8) is 0 Å². The van der Waals surface area contributed by atoms with Gasteiger partial charge < -0.3 is 14.6 Å². The Morgan fingerprint density at radius 1 is 1.83 bits per heavy atom. The molecule has 1 amide bonds. The molecule has 0 fully saturated rings. The fourth-order valence-electron chi connectivity index (χ4n) is 0.685. The lowest BCUT2D eigenvalue weighted by Crippen LogP contribution is -2.12. The Kier molecular flexibility index (Phi) is 3.28. The quantitative estimate of drug-likeness (QED) is 0.720. The minimum absolute atomic E-state index is 0.111. The molecule has 0 saturated heterocycles. The van der Waals surface area contributed by atoms with Gasteiger partial charge in [-0.25, -0.2) is 0 Å². The van der Waals surface area contributed by atoms with Crippen LogP contribution in [0.25, 0.3) is 0 Å². The maximum Gasteiger partial charge on any atom is 0.226 e. The number of amides is 1. The van der Waals surface area contributed by atoms with Crippen LogP contribution in [0.4, 0.5) is 5.69 Å². The third kappa shape index (κ3) is 2.71. The number of methoxy groups -OCH3 is 1. The molecule has 0 aliphatic heterocycles. The van der Waals surface area contributed by atoms with Crippen molar-refractivity contribution in [2.24, 2.45) is 0 Å². The van der Waals surface area contributed by atoms with E-state index in [4.69, 9.17) is 4.74 Å². The van der Waals surface area contributed by atoms with E-state index in [1.165, 1.54) is 12.5 Å². The third-order valence-corrected chi connectivity index (χ3v) is 1.25. The van der Waals surface area contributed by atoms with Crippen LogP contribution in [0.5, 0.6) is 0 Å². The van der Waals surface area contributed by atoms with Gasteiger partial charge in [-0.05, 0) is 0 Å². The minimum atomic E-state index is -0.111. The molecule has 0 aliphatic rings. The number of ether oxygens (including phenoxy) is 1. The number of hydrogen-bond donors (Lipinski definition) is 1. The topological polar surface area (TPSA) is 64.4 Å². The molecule has 12 heavy (non-hydrogen) atoms. The highest BCUT2D eigenvalue weighted by Gasteiger charge is 2.02. The second-order valence-electron chi connectivity index (χ2n) is 2.20. The fourth-order valence-corrected chi connectivity index (χ4v) is 0.685. The molecular formula is C7H10N2O3. The average Bonchev–Trinajstić information content (AvgIpc) is 2.53. The molecule has 0 spiro atoms. The zero-order valence-electron chi connectivity index (χ0n) is 6.74. The summed E-state index contributed by atoms with van der Waals surface area (Å²) in [5, 5.41) is 6.02. The van der Waals surface area contributed by atoms with Crippen LogP contribution in [-0.4, -0.2) is 24.8 Å². The molecule has 1 aromatic rings. The molecule has 0 aromatic carbocycles. The molecule has 0 radical (unpaired) electrons. The summed E-state index contributed by atoms with van der Waals surface area (Å²) in [5.41, 5.74) is 0.566. The van der Waals surface area contributed by atoms with Gasteiger partial charge in [0.05, 0.1) is 19.2 Å². The molecule has 0 unspecified atom stereocenters. The second-order valence-corrected chi connectivity index (χ2v) is 2.20. The van der Waals surface area contributed by atoms with Crippen molar-refractivity contribution < 1.29 is 14.1 Å². The van der Waals surface area contributed by atoms with E-state index < -0.39 is 0 Å². The van der Waals surface area contributed by atoms with Crippen molar-refractivity contribution in [3.8, 4) is 0 Å². The number of hydrogen-bond acceptors (Lipinski definition) is 4. The van der Waals surface area contributed by atoms with E-state index in [0.29, 0.717) is 18.7 Å². The molecule has 5 nitrogen and oxygen atoms in total. The summed E-state index contributed by atoms with van der Waals surface area (Å²) in [6.07, 6.45) is 3.14. The van der Waals surface area contributed by atoms with Gasteiger partial charge in [0, 0.05) is 7.11 Å². The van der Waals surface area contributed by atoms with Crippen molar-refractivity contribution in [2.75, 3.05) is 19.0 Å². The monoisotopic (exact) mass is 170 g/mol. The second kappa shape index (κ2) is 4.50. The Labute approximate surface area is 69.7 Å². The molecule has 1 heterocycles. The van der Waals surface area contributed by atoms with Crippen molar-refractivity contribution in [1.82, 2.24) is 5.16 Å². The Bertz CT molecular complexity index is 233. The van der Waals surface area contributed by atoms with Gasteiger partial charge in [0.2, 0.25) is 5.91 Å². The maximum absolute atomic E-state index is 11.0. The fraction of sp³-hybridized carbons (Fsp3) is 0.429. The van der Waals surface area contributed by atoms with E-state index in [9.17, 15) is 4.79 Å². The van der Waals surface area contributed by atoms with Crippen LogP contribution in [0.15, 0.2) is 17.0 Å². The van der Waals surface area contributed by atoms with Gasteiger partial charge >= 0.3 is 0 Å². The summed E-state index contributed by atoms with van der Waals surface area (Å²) in [6.45, 7) is 0.414. The summed E-state index contributed by atoms with van der Waals surface area (Å²) in [6, 6.07) is 0. The maximum atomic E-state index is 11.0. The number of nitrogens with zero attached hydrogens (tertiary/aromatic N) is 1. The standard InChI is InChI=1S/C7H10N2O3/c1-11-3-2-7(10)9-6-4-8-12-5-6/h4-5H,2-3H2,1H3,(H,9,10). The first-order chi connectivity index (χ1) is 5.83. The Morgan fingerprint density at radius 2 is 2.67 bits per heavy atom. The van der Waals surface area contributed by atoms with Crippen LogP contribution < -0.4 is 5.32 Å². The van der Waals surface area contributed by atoms with Crippen molar-refractivity contribution in [1.29, 1.82) is 0 Å². The Balaban J connectivity index is 2.27. The zero-order valence-corrected chi connectivity index (χ0v) is 6.74. The van der Waals surface area contributed by atoms with Crippen LogP contribution in [0.2, 0.25) is 0 Å². The molecule has 0 aliphatic carbocycles. The predicted octanol–water partition coefficient (Wildman–Crippen LogP) is 0.650. The van der Waals surface area contributed by atoms with E-state index in [0.717, 1.165) is 0 Å². The molecule has 66 valence electrons. The van der Waals surface area contributed by atoms with Gasteiger partial charge in [0.25, 0.3) is 0 Å². The van der Waals surface area contributed by atoms with Crippen molar-refractivity contribution in [3.05, 3.63) is 12.5 Å². The zero-order chi connectivity index (χ0) is 8.81. The van der Waals surface area contributed by atoms with Gasteiger partial charge in [0.1, 0.15) is 12.0 Å². The number of carbonyl (C=O) groups excluding carboxylic acids is 1. The van der Waals surface area contributed by atoms with Crippen LogP contribution in [0, 0.1) is 0 Å². The molecule has 1 aromatic heterocycles. The lowest BCUT2D eigenvalue weighted by atomic mass is 10.4. The summed E-state index contributed by atoms with van der Waals surface area (Å²) in [5.74, 6) is -0.111. The van der Waals surface area contributed by atoms with Crippen LogP contribution in [-0.2, 0) is 9.53 Å². The highest BCUT2D eigenvalue weighted by Crippen LogP contribution is 2.03. The number of anilines is 1. The lowest BCUT2D eigenvalue weighted by Gasteiger charge is -1.99. The number of rotatable bonds is 4. The Morgan fingerprint density at radius 3 is 3.25 bits per heavy atom. The van der Waals surface area contributed by atoms with E-state index in [-0.39, 0.29) is 5.91 Å². The van der Waals surface area contributed by atoms with Crippen LogP contribution in [0.1, 0.15) is 6.42 Å². The number of nitrogens with one attached hydrogen (secondary N) is 1. The van der Waals surface area contributed by atoms with Crippen molar-refractivity contribution >= 4 is 11.6 Å². The average molecular weight is 170 g/mol. The summed E-state index contributed by atoms with van der Waals surface area (Å²) >= 11 is 0. The van der Waals surface area contributed by atoms with E-state index in [1.54, 1.807) is 7.11 Å². The summed E-state index contributed by atoms with van der Waals surface area (Å²) in [7, 11) is 1.55. The number of carbonyl (C=O) groups is 1. The molecule has 5 heteroatoms. The normalized spacial score (nSPS) is 9.75. The van der Waals surface area contributed by atoms with E-state index >= 15 is 0 Å². The van der Waals surface area contributed by atoms with Crippen LogP contribution in [0.3, 0.4) is 0 Å². The molecule has 1 N–H and O–H groups in total. The lowest BCUT2D eigenvalue weighted by molar-refractivity contribution is -0.117. The predicted molar refractivity (Wildman–Crippen MR) is 41.6 cm³/mol. The van der Waals surface area contributed by atoms with E-state index in [1.807, 2.05) is 0 Å². The minimum Gasteiger partial charge on any atom is -0.384 e. The van der Waals surface area contributed by atoms with Gasteiger partial charge in [-0.15, -0.1) is 0 Å². The molecule has 1 rings (SSSR count). The van der Waals surface area contributed by atoms with Gasteiger partial charge in [0.15, 0.2) is 0 Å². The first-order valence-corrected chi connectivity index (χ1v) is 3.51. The number of aromatic nitrogens is 1. The third-order valence-electron chi connectivity index (χ3n) is 1.25. The largest absolute Gasteiger partial charge is 0.384 e. The first kappa shape index (κ1) is 8.73. The highest BCUT2D eigenvalue weighted by atomic mass is 16.5. The van der Waals surface area contributed by atoms with Crippen molar-refractivity contribution in [2.45, 2.75) is 6.42 Å². The van der Waals surface area contributed by atoms with Gasteiger partial charge in [-0.3, -0.25) is 4.79 Å². The van der Waals surface area contributed by atoms with Gasteiger partial charge in [-0.1, -0.05) is 5.16 Å².